The molecule has 1 fully saturated rings. The second kappa shape index (κ2) is 4.97. The van der Waals surface area contributed by atoms with E-state index in [1.165, 1.54) is 12.1 Å². The summed E-state index contributed by atoms with van der Waals surface area (Å²) in [5.74, 6) is 1.96. The van der Waals surface area contributed by atoms with E-state index in [2.05, 4.69) is 0 Å². The summed E-state index contributed by atoms with van der Waals surface area (Å²) < 4.78 is 0. The maximum Gasteiger partial charge on any atom is 0.253 e. The Morgan fingerprint density at radius 3 is 2.69 bits per heavy atom. The predicted octanol–water partition coefficient (Wildman–Crippen LogP) is 2.23. The number of phenolic OH excluding ortho intramolecular Hbond substituents is 1. The molecule has 1 amide bonds. The van der Waals surface area contributed by atoms with Gasteiger partial charge in [-0.1, -0.05) is 11.6 Å². The van der Waals surface area contributed by atoms with E-state index in [-0.39, 0.29) is 16.7 Å². The van der Waals surface area contributed by atoms with E-state index in [0.717, 1.165) is 24.6 Å². The highest BCUT2D eigenvalue weighted by atomic mass is 35.5. The van der Waals surface area contributed by atoms with Gasteiger partial charge in [0, 0.05) is 30.2 Å². The SMILES string of the molecule is O=C(c1ccc(O)c(Cl)c1)N1CCSCC1. The number of hydrogen-bond donors (Lipinski definition) is 1. The maximum absolute atomic E-state index is 12.0. The number of amides is 1. The molecule has 0 radical (unpaired) electrons. The van der Waals surface area contributed by atoms with E-state index in [1.807, 2.05) is 16.7 Å². The van der Waals surface area contributed by atoms with Crippen molar-refractivity contribution in [2.45, 2.75) is 0 Å². The molecule has 16 heavy (non-hydrogen) atoms. The van der Waals surface area contributed by atoms with Crippen LogP contribution in [0.4, 0.5) is 0 Å². The minimum atomic E-state index is -0.0119. The van der Waals surface area contributed by atoms with Gasteiger partial charge in [0.25, 0.3) is 5.91 Å². The number of aromatic hydroxyl groups is 1. The van der Waals surface area contributed by atoms with Gasteiger partial charge < -0.3 is 10.0 Å². The maximum atomic E-state index is 12.0. The first kappa shape index (κ1) is 11.6. The van der Waals surface area contributed by atoms with Crippen LogP contribution in [0.3, 0.4) is 0 Å². The zero-order valence-corrected chi connectivity index (χ0v) is 10.2. The molecule has 1 saturated heterocycles. The summed E-state index contributed by atoms with van der Waals surface area (Å²) in [7, 11) is 0. The number of rotatable bonds is 1. The normalized spacial score (nSPS) is 16.2. The molecule has 3 nitrogen and oxygen atoms in total. The zero-order chi connectivity index (χ0) is 11.5. The molecule has 0 aliphatic carbocycles. The van der Waals surface area contributed by atoms with Crippen LogP contribution in [0.25, 0.3) is 0 Å². The molecule has 0 atom stereocenters. The van der Waals surface area contributed by atoms with Crippen molar-refractivity contribution in [1.29, 1.82) is 0 Å². The van der Waals surface area contributed by atoms with Crippen molar-refractivity contribution in [3.63, 3.8) is 0 Å². The number of halogens is 1. The number of hydrogen-bond acceptors (Lipinski definition) is 3. The minimum Gasteiger partial charge on any atom is -0.506 e. The first-order valence-electron chi connectivity index (χ1n) is 5.04. The summed E-state index contributed by atoms with van der Waals surface area (Å²) in [6, 6.07) is 4.57. The average molecular weight is 258 g/mol. The van der Waals surface area contributed by atoms with E-state index >= 15 is 0 Å². The van der Waals surface area contributed by atoms with Gasteiger partial charge >= 0.3 is 0 Å². The van der Waals surface area contributed by atoms with Crippen LogP contribution in [-0.4, -0.2) is 40.5 Å². The standard InChI is InChI=1S/C11H12ClNO2S/c12-9-7-8(1-2-10(9)14)11(15)13-3-5-16-6-4-13/h1-2,7,14H,3-6H2. The third-order valence-corrected chi connectivity index (χ3v) is 3.74. The first-order valence-corrected chi connectivity index (χ1v) is 6.57. The van der Waals surface area contributed by atoms with Crippen molar-refractivity contribution < 1.29 is 9.90 Å². The molecule has 2 rings (SSSR count). The molecular formula is C11H12ClNO2S. The fraction of sp³-hybridized carbons (Fsp3) is 0.364. The van der Waals surface area contributed by atoms with E-state index in [1.54, 1.807) is 6.07 Å². The van der Waals surface area contributed by atoms with Crippen LogP contribution in [0.2, 0.25) is 5.02 Å². The first-order chi connectivity index (χ1) is 7.68. The molecule has 1 heterocycles. The van der Waals surface area contributed by atoms with Gasteiger partial charge in [0.15, 0.2) is 0 Å². The van der Waals surface area contributed by atoms with Crippen LogP contribution >= 0.6 is 23.4 Å². The second-order valence-electron chi connectivity index (χ2n) is 3.57. The van der Waals surface area contributed by atoms with Gasteiger partial charge in [-0.2, -0.15) is 11.8 Å². The summed E-state index contributed by atoms with van der Waals surface area (Å²) in [5, 5.41) is 9.50. The summed E-state index contributed by atoms with van der Waals surface area (Å²) in [6.07, 6.45) is 0. The Morgan fingerprint density at radius 2 is 2.06 bits per heavy atom. The van der Waals surface area contributed by atoms with Crippen LogP contribution in [0, 0.1) is 0 Å². The summed E-state index contributed by atoms with van der Waals surface area (Å²) in [4.78, 5) is 13.9. The lowest BCUT2D eigenvalue weighted by Gasteiger charge is -2.26. The van der Waals surface area contributed by atoms with Crippen molar-refractivity contribution in [3.05, 3.63) is 28.8 Å². The zero-order valence-electron chi connectivity index (χ0n) is 8.65. The van der Waals surface area contributed by atoms with Crippen molar-refractivity contribution in [1.82, 2.24) is 4.90 Å². The average Bonchev–Trinajstić information content (AvgIpc) is 2.33. The lowest BCUT2D eigenvalue weighted by molar-refractivity contribution is 0.0772. The molecule has 0 spiro atoms. The van der Waals surface area contributed by atoms with Gasteiger partial charge in [-0.15, -0.1) is 0 Å². The Hall–Kier alpha value is -0.870. The van der Waals surface area contributed by atoms with Crippen LogP contribution in [-0.2, 0) is 0 Å². The van der Waals surface area contributed by atoms with Crippen LogP contribution in [0.15, 0.2) is 18.2 Å². The van der Waals surface area contributed by atoms with Crippen LogP contribution < -0.4 is 0 Å². The van der Waals surface area contributed by atoms with Gasteiger partial charge in [-0.05, 0) is 18.2 Å². The van der Waals surface area contributed by atoms with Gasteiger partial charge in [0.2, 0.25) is 0 Å². The molecule has 1 N–H and O–H groups in total. The quantitative estimate of drug-likeness (QED) is 0.839. The predicted molar refractivity (Wildman–Crippen MR) is 66.3 cm³/mol. The van der Waals surface area contributed by atoms with Crippen molar-refractivity contribution in [2.75, 3.05) is 24.6 Å². The fourth-order valence-electron chi connectivity index (χ4n) is 1.59. The lowest BCUT2D eigenvalue weighted by Crippen LogP contribution is -2.37. The van der Waals surface area contributed by atoms with Crippen molar-refractivity contribution in [2.24, 2.45) is 0 Å². The minimum absolute atomic E-state index is 0.00687. The molecule has 1 aromatic rings. The van der Waals surface area contributed by atoms with Crippen molar-refractivity contribution >= 4 is 29.3 Å². The molecule has 0 unspecified atom stereocenters. The Morgan fingerprint density at radius 1 is 1.38 bits per heavy atom. The Bertz CT molecular complexity index is 405. The van der Waals surface area contributed by atoms with Crippen LogP contribution in [0.5, 0.6) is 5.75 Å². The molecule has 0 bridgehead atoms. The third-order valence-electron chi connectivity index (χ3n) is 2.49. The second-order valence-corrected chi connectivity index (χ2v) is 5.20. The summed E-state index contributed by atoms with van der Waals surface area (Å²) in [5.41, 5.74) is 0.537. The number of carbonyl (C=O) groups is 1. The lowest BCUT2D eigenvalue weighted by atomic mass is 10.2. The van der Waals surface area contributed by atoms with Gasteiger partial charge in [0.1, 0.15) is 5.75 Å². The monoisotopic (exact) mass is 257 g/mol. The number of benzene rings is 1. The molecular weight excluding hydrogens is 246 g/mol. The molecule has 86 valence electrons. The number of phenols is 1. The Labute approximate surface area is 103 Å². The molecule has 0 saturated carbocycles. The molecule has 1 aromatic carbocycles. The Kier molecular flexibility index (Phi) is 3.61. The van der Waals surface area contributed by atoms with E-state index in [9.17, 15) is 9.90 Å². The number of nitrogens with zero attached hydrogens (tertiary/aromatic N) is 1. The topological polar surface area (TPSA) is 40.5 Å². The van der Waals surface area contributed by atoms with E-state index in [0.29, 0.717) is 5.56 Å². The number of thioether (sulfide) groups is 1. The van der Waals surface area contributed by atoms with Gasteiger partial charge in [-0.3, -0.25) is 4.79 Å². The molecule has 5 heteroatoms. The number of carbonyl (C=O) groups excluding carboxylic acids is 1. The van der Waals surface area contributed by atoms with E-state index in [4.69, 9.17) is 11.6 Å². The summed E-state index contributed by atoms with van der Waals surface area (Å²) in [6.45, 7) is 1.56. The third kappa shape index (κ3) is 2.44. The van der Waals surface area contributed by atoms with E-state index < -0.39 is 0 Å². The van der Waals surface area contributed by atoms with Gasteiger partial charge in [0.05, 0.1) is 5.02 Å². The van der Waals surface area contributed by atoms with Gasteiger partial charge in [-0.25, -0.2) is 0 Å². The smallest absolute Gasteiger partial charge is 0.253 e. The highest BCUT2D eigenvalue weighted by Gasteiger charge is 2.18. The highest BCUT2D eigenvalue weighted by molar-refractivity contribution is 7.99. The largest absolute Gasteiger partial charge is 0.506 e. The molecule has 0 aromatic heterocycles. The molecule has 1 aliphatic heterocycles. The summed E-state index contributed by atoms with van der Waals surface area (Å²) >= 11 is 7.63. The fourth-order valence-corrected chi connectivity index (χ4v) is 2.67. The Balaban J connectivity index is 2.16. The van der Waals surface area contributed by atoms with Crippen LogP contribution in [0.1, 0.15) is 10.4 Å². The van der Waals surface area contributed by atoms with Crippen molar-refractivity contribution in [3.8, 4) is 5.75 Å². The molecule has 1 aliphatic rings. The highest BCUT2D eigenvalue weighted by Crippen LogP contribution is 2.24.